The topological polar surface area (TPSA) is 30.5 Å². The second kappa shape index (κ2) is 4.95. The summed E-state index contributed by atoms with van der Waals surface area (Å²) in [5.74, 6) is 1.47. The molecule has 0 radical (unpaired) electrons. The van der Waals surface area contributed by atoms with Crippen molar-refractivity contribution in [3.05, 3.63) is 24.0 Å². The van der Waals surface area contributed by atoms with E-state index in [2.05, 4.69) is 17.6 Å². The molecule has 1 N–H and O–H groups in total. The Morgan fingerprint density at radius 1 is 1.58 bits per heavy atom. The second-order valence-electron chi connectivity index (χ2n) is 2.72. The summed E-state index contributed by atoms with van der Waals surface area (Å²) in [6, 6.07) is 0. The molecule has 0 aliphatic heterocycles. The van der Waals surface area contributed by atoms with Gasteiger partial charge in [-0.05, 0) is 24.5 Å². The number of rotatable bonds is 4. The minimum Gasteiger partial charge on any atom is -0.497 e. The molecule has 1 aliphatic rings. The van der Waals surface area contributed by atoms with E-state index in [1.807, 2.05) is 6.08 Å². The highest BCUT2D eigenvalue weighted by Crippen LogP contribution is 2.15. The number of hydrogen-bond acceptors (Lipinski definition) is 3. The van der Waals surface area contributed by atoms with Gasteiger partial charge in [-0.2, -0.15) is 0 Å². The lowest BCUT2D eigenvalue weighted by molar-refractivity contribution is 0.0843. The number of allylic oxidation sites excluding steroid dienone is 2. The number of methoxy groups -OCH3 is 1. The third kappa shape index (κ3) is 2.68. The van der Waals surface area contributed by atoms with Crippen LogP contribution in [0.2, 0.25) is 0 Å². The zero-order chi connectivity index (χ0) is 8.81. The van der Waals surface area contributed by atoms with Gasteiger partial charge in [0.15, 0.2) is 0 Å². The lowest BCUT2D eigenvalue weighted by Crippen LogP contribution is -2.21. The van der Waals surface area contributed by atoms with Gasteiger partial charge in [-0.25, -0.2) is 5.48 Å². The first kappa shape index (κ1) is 9.29. The lowest BCUT2D eigenvalue weighted by atomic mass is 10.0. The molecule has 0 aromatic rings. The summed E-state index contributed by atoms with van der Waals surface area (Å²) in [6.07, 6.45) is 7.22. The normalized spacial score (nSPS) is 22.2. The van der Waals surface area contributed by atoms with Gasteiger partial charge >= 0.3 is 0 Å². The van der Waals surface area contributed by atoms with Gasteiger partial charge < -0.3 is 9.57 Å². The molecule has 0 aromatic heterocycles. The first-order chi connectivity index (χ1) is 5.86. The molecule has 0 aromatic carbocycles. The fraction of sp³-hybridized carbons (Fsp3) is 0.556. The number of hydrogen-bond donors (Lipinski definition) is 1. The van der Waals surface area contributed by atoms with Gasteiger partial charge in [0.1, 0.15) is 5.76 Å². The van der Waals surface area contributed by atoms with Crippen LogP contribution in [0.3, 0.4) is 0 Å². The monoisotopic (exact) mass is 169 g/mol. The fourth-order valence-corrected chi connectivity index (χ4v) is 1.14. The van der Waals surface area contributed by atoms with E-state index >= 15 is 0 Å². The van der Waals surface area contributed by atoms with E-state index in [0.717, 1.165) is 18.7 Å². The summed E-state index contributed by atoms with van der Waals surface area (Å²) in [6.45, 7) is 0.848. The van der Waals surface area contributed by atoms with Crippen molar-refractivity contribution in [3.8, 4) is 0 Å². The summed E-state index contributed by atoms with van der Waals surface area (Å²) >= 11 is 0. The number of nitrogens with one attached hydrogen (secondary N) is 1. The zero-order valence-electron chi connectivity index (χ0n) is 7.54. The predicted molar refractivity (Wildman–Crippen MR) is 47.4 cm³/mol. The van der Waals surface area contributed by atoms with Crippen molar-refractivity contribution in [2.45, 2.75) is 6.42 Å². The highest BCUT2D eigenvalue weighted by atomic mass is 16.6. The van der Waals surface area contributed by atoms with Gasteiger partial charge in [-0.3, -0.25) is 0 Å². The van der Waals surface area contributed by atoms with Gasteiger partial charge in [0.25, 0.3) is 0 Å². The van der Waals surface area contributed by atoms with Crippen LogP contribution in [0.1, 0.15) is 6.42 Å². The average Bonchev–Trinajstić information content (AvgIpc) is 2.15. The van der Waals surface area contributed by atoms with Gasteiger partial charge in [-0.15, -0.1) is 0 Å². The summed E-state index contributed by atoms with van der Waals surface area (Å²) in [5, 5.41) is 0. The molecular weight excluding hydrogens is 154 g/mol. The predicted octanol–water partition coefficient (Wildman–Crippen LogP) is 1.24. The highest BCUT2D eigenvalue weighted by Gasteiger charge is 2.07. The third-order valence-corrected chi connectivity index (χ3v) is 1.88. The second-order valence-corrected chi connectivity index (χ2v) is 2.72. The minimum atomic E-state index is 0.517. The maximum atomic E-state index is 5.07. The lowest BCUT2D eigenvalue weighted by Gasteiger charge is -2.15. The molecule has 0 heterocycles. The molecule has 1 unspecified atom stereocenters. The molecular formula is C9H15NO2. The Kier molecular flexibility index (Phi) is 3.84. The van der Waals surface area contributed by atoms with Crippen LogP contribution >= 0.6 is 0 Å². The molecule has 3 nitrogen and oxygen atoms in total. The molecule has 1 aliphatic carbocycles. The van der Waals surface area contributed by atoms with Crippen molar-refractivity contribution in [2.75, 3.05) is 20.8 Å². The van der Waals surface area contributed by atoms with Crippen LogP contribution in [-0.4, -0.2) is 20.8 Å². The van der Waals surface area contributed by atoms with Crippen LogP contribution in [0, 0.1) is 5.92 Å². The van der Waals surface area contributed by atoms with E-state index in [1.54, 1.807) is 14.2 Å². The van der Waals surface area contributed by atoms with Crippen LogP contribution in [0.15, 0.2) is 24.0 Å². The maximum absolute atomic E-state index is 5.07. The molecule has 0 saturated carbocycles. The third-order valence-electron chi connectivity index (χ3n) is 1.88. The SMILES string of the molecule is CONCC1C=CC(OC)=CC1. The molecule has 68 valence electrons. The smallest absolute Gasteiger partial charge is 0.114 e. The van der Waals surface area contributed by atoms with Gasteiger partial charge in [-0.1, -0.05) is 6.08 Å². The van der Waals surface area contributed by atoms with E-state index < -0.39 is 0 Å². The van der Waals surface area contributed by atoms with Gasteiger partial charge in [0, 0.05) is 6.54 Å². The van der Waals surface area contributed by atoms with E-state index in [-0.39, 0.29) is 0 Å². The molecule has 1 rings (SSSR count). The fourth-order valence-electron chi connectivity index (χ4n) is 1.14. The number of hydroxylamine groups is 1. The summed E-state index contributed by atoms with van der Waals surface area (Å²) in [5.41, 5.74) is 2.83. The first-order valence-electron chi connectivity index (χ1n) is 4.05. The van der Waals surface area contributed by atoms with E-state index in [9.17, 15) is 0 Å². The Bertz CT molecular complexity index is 187. The molecule has 1 atom stereocenters. The van der Waals surface area contributed by atoms with Gasteiger partial charge in [0.05, 0.1) is 14.2 Å². The van der Waals surface area contributed by atoms with Crippen molar-refractivity contribution >= 4 is 0 Å². The molecule has 3 heteroatoms. The van der Waals surface area contributed by atoms with E-state index in [0.29, 0.717) is 5.92 Å². The van der Waals surface area contributed by atoms with Crippen molar-refractivity contribution in [1.29, 1.82) is 0 Å². The zero-order valence-corrected chi connectivity index (χ0v) is 7.54. The number of ether oxygens (including phenoxy) is 1. The minimum absolute atomic E-state index is 0.517. The van der Waals surface area contributed by atoms with E-state index in [4.69, 9.17) is 9.57 Å². The van der Waals surface area contributed by atoms with Crippen molar-refractivity contribution in [3.63, 3.8) is 0 Å². The quantitative estimate of drug-likeness (QED) is 0.642. The summed E-state index contributed by atoms with van der Waals surface area (Å²) in [4.78, 5) is 4.76. The average molecular weight is 169 g/mol. The standard InChI is InChI=1S/C9H15NO2/c1-11-9-5-3-8(4-6-9)7-10-12-2/h3,5-6,8,10H,4,7H2,1-2H3. The molecule has 0 saturated heterocycles. The van der Waals surface area contributed by atoms with Crippen LogP contribution in [-0.2, 0) is 9.57 Å². The van der Waals surface area contributed by atoms with Crippen LogP contribution < -0.4 is 5.48 Å². The Balaban J connectivity index is 2.28. The van der Waals surface area contributed by atoms with Crippen molar-refractivity contribution in [2.24, 2.45) is 5.92 Å². The highest BCUT2D eigenvalue weighted by molar-refractivity contribution is 5.18. The Hall–Kier alpha value is -0.800. The van der Waals surface area contributed by atoms with Crippen LogP contribution in [0.25, 0.3) is 0 Å². The van der Waals surface area contributed by atoms with E-state index in [1.165, 1.54) is 0 Å². The van der Waals surface area contributed by atoms with Crippen LogP contribution in [0.5, 0.6) is 0 Å². The first-order valence-corrected chi connectivity index (χ1v) is 4.05. The van der Waals surface area contributed by atoms with Crippen molar-refractivity contribution in [1.82, 2.24) is 5.48 Å². The Morgan fingerprint density at radius 2 is 2.42 bits per heavy atom. The van der Waals surface area contributed by atoms with Gasteiger partial charge in [0.2, 0.25) is 0 Å². The summed E-state index contributed by atoms with van der Waals surface area (Å²) < 4.78 is 5.07. The molecule has 12 heavy (non-hydrogen) atoms. The molecule has 0 spiro atoms. The van der Waals surface area contributed by atoms with Crippen molar-refractivity contribution < 1.29 is 9.57 Å². The summed E-state index contributed by atoms with van der Waals surface area (Å²) in [7, 11) is 3.31. The Morgan fingerprint density at radius 3 is 2.92 bits per heavy atom. The van der Waals surface area contributed by atoms with Crippen LogP contribution in [0.4, 0.5) is 0 Å². The molecule has 0 amide bonds. The molecule has 0 fully saturated rings. The Labute approximate surface area is 73.0 Å². The molecule has 0 bridgehead atoms. The maximum Gasteiger partial charge on any atom is 0.114 e. The largest absolute Gasteiger partial charge is 0.497 e.